The van der Waals surface area contributed by atoms with Gasteiger partial charge in [0.1, 0.15) is 6.61 Å². The molecule has 0 saturated carbocycles. The number of carbonyl (C=O) groups excluding carboxylic acids is 1. The number of anilines is 1. The van der Waals surface area contributed by atoms with Gasteiger partial charge in [-0.15, -0.1) is 0 Å². The van der Waals surface area contributed by atoms with Crippen LogP contribution in [0.2, 0.25) is 0 Å². The molecule has 1 aliphatic heterocycles. The van der Waals surface area contributed by atoms with E-state index >= 15 is 0 Å². The van der Waals surface area contributed by atoms with Gasteiger partial charge in [-0.25, -0.2) is 4.79 Å². The maximum Gasteiger partial charge on any atom is 0.411 e. The molecule has 0 fully saturated rings. The van der Waals surface area contributed by atoms with Crippen LogP contribution in [0.15, 0.2) is 6.07 Å². The highest BCUT2D eigenvalue weighted by atomic mass is 16.5. The maximum absolute atomic E-state index is 11.1. The average Bonchev–Trinajstić information content (AvgIpc) is 2.26. The molecule has 1 N–H and O–H groups in total. The molecular weight excluding hydrogens is 192 g/mol. The molecule has 0 atom stereocenters. The van der Waals surface area contributed by atoms with Gasteiger partial charge in [0.05, 0.1) is 5.69 Å². The Morgan fingerprint density at radius 2 is 2.27 bits per heavy atom. The van der Waals surface area contributed by atoms with E-state index in [1.54, 1.807) is 0 Å². The normalized spacial score (nSPS) is 14.1. The summed E-state index contributed by atoms with van der Waals surface area (Å²) in [5.74, 6) is 0. The lowest BCUT2D eigenvalue weighted by Gasteiger charge is -2.20. The van der Waals surface area contributed by atoms with Crippen molar-refractivity contribution < 1.29 is 9.53 Å². The van der Waals surface area contributed by atoms with Crippen molar-refractivity contribution in [2.45, 2.75) is 33.3 Å². The van der Waals surface area contributed by atoms with E-state index in [1.807, 2.05) is 6.07 Å². The number of hydrogen-bond donors (Lipinski definition) is 1. The van der Waals surface area contributed by atoms with Crippen LogP contribution in [0.3, 0.4) is 0 Å². The quantitative estimate of drug-likeness (QED) is 0.807. The van der Waals surface area contributed by atoms with Gasteiger partial charge in [0.25, 0.3) is 0 Å². The van der Waals surface area contributed by atoms with Gasteiger partial charge in [0.15, 0.2) is 0 Å². The second-order valence-corrected chi connectivity index (χ2v) is 3.49. The molecule has 1 aromatic heterocycles. The molecule has 80 valence electrons. The van der Waals surface area contributed by atoms with Crippen LogP contribution >= 0.6 is 0 Å². The molecule has 2 rings (SSSR count). The summed E-state index contributed by atoms with van der Waals surface area (Å²) in [6.07, 6.45) is 1.35. The minimum absolute atomic E-state index is 0.335. The van der Waals surface area contributed by atoms with Crippen LogP contribution < -0.4 is 5.32 Å². The van der Waals surface area contributed by atoms with E-state index in [4.69, 9.17) is 4.74 Å². The van der Waals surface area contributed by atoms with Crippen molar-refractivity contribution in [3.05, 3.63) is 23.0 Å². The number of aryl methyl sites for hydroxylation is 2. The summed E-state index contributed by atoms with van der Waals surface area (Å²) in [6, 6.07) is 1.93. The van der Waals surface area contributed by atoms with E-state index in [1.165, 1.54) is 0 Å². The second-order valence-electron chi connectivity index (χ2n) is 3.49. The second kappa shape index (κ2) is 3.88. The third kappa shape index (κ3) is 1.79. The van der Waals surface area contributed by atoms with Crippen LogP contribution in [0.1, 0.15) is 30.8 Å². The summed E-state index contributed by atoms with van der Waals surface area (Å²) in [4.78, 5) is 15.6. The maximum atomic E-state index is 11.1. The fourth-order valence-electron chi connectivity index (χ4n) is 1.71. The number of pyridine rings is 1. The molecule has 0 unspecified atom stereocenters. The Labute approximate surface area is 88.7 Å². The largest absolute Gasteiger partial charge is 0.444 e. The van der Waals surface area contributed by atoms with Crippen LogP contribution in [0.4, 0.5) is 10.5 Å². The first kappa shape index (κ1) is 9.96. The Morgan fingerprint density at radius 1 is 1.47 bits per heavy atom. The highest BCUT2D eigenvalue weighted by Crippen LogP contribution is 2.25. The minimum Gasteiger partial charge on any atom is -0.444 e. The van der Waals surface area contributed by atoms with E-state index in [2.05, 4.69) is 24.1 Å². The molecule has 2 heterocycles. The molecule has 1 aromatic rings. The molecule has 0 spiro atoms. The zero-order chi connectivity index (χ0) is 10.8. The minimum atomic E-state index is -0.377. The van der Waals surface area contributed by atoms with Gasteiger partial charge in [-0.3, -0.25) is 10.3 Å². The molecule has 15 heavy (non-hydrogen) atoms. The molecule has 0 saturated heterocycles. The van der Waals surface area contributed by atoms with Crippen LogP contribution in [0, 0.1) is 0 Å². The molecule has 0 aromatic carbocycles. The number of nitrogens with one attached hydrogen (secondary N) is 1. The zero-order valence-corrected chi connectivity index (χ0v) is 8.96. The number of ether oxygens (including phenoxy) is 1. The lowest BCUT2D eigenvalue weighted by atomic mass is 10.1. The standard InChI is InChI=1S/C11H14N2O2/c1-3-7-5-10-8(9(4-2)12-7)6-15-11(14)13-10/h5H,3-4,6H2,1-2H3,(H,13,14). The topological polar surface area (TPSA) is 51.2 Å². The first-order valence-corrected chi connectivity index (χ1v) is 5.20. The molecule has 0 radical (unpaired) electrons. The summed E-state index contributed by atoms with van der Waals surface area (Å²) in [5, 5.41) is 2.71. The third-order valence-electron chi connectivity index (χ3n) is 2.54. The van der Waals surface area contributed by atoms with Crippen molar-refractivity contribution in [1.82, 2.24) is 4.98 Å². The smallest absolute Gasteiger partial charge is 0.411 e. The number of nitrogens with zero attached hydrogens (tertiary/aromatic N) is 1. The van der Waals surface area contributed by atoms with Gasteiger partial charge in [0.2, 0.25) is 0 Å². The third-order valence-corrected chi connectivity index (χ3v) is 2.54. The summed E-state index contributed by atoms with van der Waals surface area (Å²) in [5.41, 5.74) is 3.89. The summed E-state index contributed by atoms with van der Waals surface area (Å²) in [7, 11) is 0. The lowest BCUT2D eigenvalue weighted by Crippen LogP contribution is -2.22. The van der Waals surface area contributed by atoms with Crippen LogP contribution in [0.25, 0.3) is 0 Å². The molecule has 4 heteroatoms. The molecule has 1 aliphatic rings. The fraction of sp³-hybridized carbons (Fsp3) is 0.455. The monoisotopic (exact) mass is 206 g/mol. The number of aromatic nitrogens is 1. The van der Waals surface area contributed by atoms with Crippen molar-refractivity contribution in [2.75, 3.05) is 5.32 Å². The predicted molar refractivity (Wildman–Crippen MR) is 56.8 cm³/mol. The van der Waals surface area contributed by atoms with E-state index in [-0.39, 0.29) is 6.09 Å². The Kier molecular flexibility index (Phi) is 2.58. The van der Waals surface area contributed by atoms with Gasteiger partial charge in [-0.05, 0) is 18.9 Å². The molecule has 4 nitrogen and oxygen atoms in total. The van der Waals surface area contributed by atoms with E-state index in [0.29, 0.717) is 6.61 Å². The van der Waals surface area contributed by atoms with Crippen molar-refractivity contribution in [2.24, 2.45) is 0 Å². The first-order chi connectivity index (χ1) is 7.24. The van der Waals surface area contributed by atoms with Crippen molar-refractivity contribution in [3.8, 4) is 0 Å². The van der Waals surface area contributed by atoms with Gasteiger partial charge in [-0.1, -0.05) is 13.8 Å². The molecule has 1 amide bonds. The van der Waals surface area contributed by atoms with Crippen LogP contribution in [0.5, 0.6) is 0 Å². The zero-order valence-electron chi connectivity index (χ0n) is 8.96. The number of amides is 1. The molecule has 0 aliphatic carbocycles. The van der Waals surface area contributed by atoms with Crippen molar-refractivity contribution in [3.63, 3.8) is 0 Å². The van der Waals surface area contributed by atoms with Gasteiger partial charge < -0.3 is 4.74 Å². The van der Waals surface area contributed by atoms with Gasteiger partial charge >= 0.3 is 6.09 Å². The van der Waals surface area contributed by atoms with Crippen LogP contribution in [-0.2, 0) is 24.2 Å². The van der Waals surface area contributed by atoms with Gasteiger partial charge in [0, 0.05) is 17.0 Å². The van der Waals surface area contributed by atoms with E-state index < -0.39 is 0 Å². The molecular formula is C11H14N2O2. The van der Waals surface area contributed by atoms with E-state index in [0.717, 1.165) is 35.5 Å². The van der Waals surface area contributed by atoms with Gasteiger partial charge in [-0.2, -0.15) is 0 Å². The Balaban J connectivity index is 2.49. The number of carbonyl (C=O) groups is 1. The summed E-state index contributed by atoms with van der Waals surface area (Å²) >= 11 is 0. The predicted octanol–water partition coefficient (Wildman–Crippen LogP) is 2.27. The van der Waals surface area contributed by atoms with E-state index in [9.17, 15) is 4.79 Å². The highest BCUT2D eigenvalue weighted by molar-refractivity contribution is 5.87. The average molecular weight is 206 g/mol. The summed E-state index contributed by atoms with van der Waals surface area (Å²) in [6.45, 7) is 4.44. The number of rotatable bonds is 2. The first-order valence-electron chi connectivity index (χ1n) is 5.20. The Morgan fingerprint density at radius 3 is 2.93 bits per heavy atom. The lowest BCUT2D eigenvalue weighted by molar-refractivity contribution is 0.151. The fourth-order valence-corrected chi connectivity index (χ4v) is 1.71. The number of cyclic esters (lactones) is 1. The van der Waals surface area contributed by atoms with Crippen molar-refractivity contribution in [1.29, 1.82) is 0 Å². The van der Waals surface area contributed by atoms with Crippen molar-refractivity contribution >= 4 is 11.8 Å². The number of fused-ring (bicyclic) bond motifs is 1. The number of hydrogen-bond acceptors (Lipinski definition) is 3. The molecule has 0 bridgehead atoms. The Bertz CT molecular complexity index is 402. The SMILES string of the molecule is CCc1cc2c(c(CC)n1)COC(=O)N2. The summed E-state index contributed by atoms with van der Waals surface area (Å²) < 4.78 is 4.93. The van der Waals surface area contributed by atoms with Crippen LogP contribution in [-0.4, -0.2) is 11.1 Å². The Hall–Kier alpha value is -1.58. The highest BCUT2D eigenvalue weighted by Gasteiger charge is 2.19.